The summed E-state index contributed by atoms with van der Waals surface area (Å²) in [5, 5.41) is 18.7. The molecular weight excluding hydrogens is 300 g/mol. The van der Waals surface area contributed by atoms with Crippen molar-refractivity contribution in [2.45, 2.75) is 11.0 Å². The molecule has 0 bridgehead atoms. The largest absolute Gasteiger partial charge is 0.478 e. The SMILES string of the molecule is COCC(O)CN(C)S(=O)(=O)c1cc(N)ccc1C(=O)O. The van der Waals surface area contributed by atoms with Gasteiger partial charge in [-0.2, -0.15) is 4.31 Å². The summed E-state index contributed by atoms with van der Waals surface area (Å²) in [6.45, 7) is -0.271. The fourth-order valence-corrected chi connectivity index (χ4v) is 3.16. The molecule has 0 spiro atoms. The Morgan fingerprint density at radius 1 is 1.48 bits per heavy atom. The van der Waals surface area contributed by atoms with Crippen molar-refractivity contribution < 1.29 is 28.2 Å². The van der Waals surface area contributed by atoms with Gasteiger partial charge in [0.1, 0.15) is 0 Å². The Morgan fingerprint density at radius 2 is 2.10 bits per heavy atom. The van der Waals surface area contributed by atoms with Gasteiger partial charge in [-0.25, -0.2) is 13.2 Å². The molecule has 0 aromatic heterocycles. The lowest BCUT2D eigenvalue weighted by Gasteiger charge is -2.21. The third kappa shape index (κ3) is 4.14. The number of nitrogens with two attached hydrogens (primary N) is 1. The van der Waals surface area contributed by atoms with Crippen LogP contribution in [-0.2, 0) is 14.8 Å². The number of carboxylic acid groups (broad SMARTS) is 1. The molecule has 1 aromatic rings. The van der Waals surface area contributed by atoms with E-state index in [1.54, 1.807) is 0 Å². The highest BCUT2D eigenvalue weighted by atomic mass is 32.2. The number of carboxylic acids is 1. The van der Waals surface area contributed by atoms with Crippen LogP contribution in [0.15, 0.2) is 23.1 Å². The maximum atomic E-state index is 12.4. The number of aromatic carboxylic acids is 1. The van der Waals surface area contributed by atoms with Crippen LogP contribution in [0, 0.1) is 0 Å². The van der Waals surface area contributed by atoms with Crippen LogP contribution in [0.1, 0.15) is 10.4 Å². The quantitative estimate of drug-likeness (QED) is 0.583. The summed E-state index contributed by atoms with van der Waals surface area (Å²) in [5.74, 6) is -1.38. The molecule has 4 N–H and O–H groups in total. The van der Waals surface area contributed by atoms with Crippen LogP contribution in [0.4, 0.5) is 5.69 Å². The van der Waals surface area contributed by atoms with E-state index in [1.165, 1.54) is 20.2 Å². The Hall–Kier alpha value is -1.68. The van der Waals surface area contributed by atoms with Gasteiger partial charge in [0.25, 0.3) is 0 Å². The summed E-state index contributed by atoms with van der Waals surface area (Å²) in [4.78, 5) is 10.7. The van der Waals surface area contributed by atoms with Crippen LogP contribution < -0.4 is 5.73 Å². The number of hydrogen-bond acceptors (Lipinski definition) is 6. The number of sulfonamides is 1. The van der Waals surface area contributed by atoms with E-state index in [2.05, 4.69) is 0 Å². The monoisotopic (exact) mass is 318 g/mol. The highest BCUT2D eigenvalue weighted by molar-refractivity contribution is 7.89. The minimum absolute atomic E-state index is 0.0391. The second-order valence-corrected chi connectivity index (χ2v) is 6.47. The van der Waals surface area contributed by atoms with Crippen molar-refractivity contribution in [3.05, 3.63) is 23.8 Å². The van der Waals surface area contributed by atoms with Crippen molar-refractivity contribution in [1.82, 2.24) is 4.31 Å². The van der Waals surface area contributed by atoms with Crippen LogP contribution in [0.25, 0.3) is 0 Å². The van der Waals surface area contributed by atoms with E-state index in [9.17, 15) is 18.3 Å². The van der Waals surface area contributed by atoms with Crippen LogP contribution in [-0.4, -0.2) is 62.3 Å². The molecule has 0 saturated carbocycles. The Balaban J connectivity index is 3.18. The first-order valence-electron chi connectivity index (χ1n) is 5.96. The Kier molecular flexibility index (Phi) is 5.67. The number of aliphatic hydroxyl groups excluding tert-OH is 1. The number of anilines is 1. The molecule has 0 aliphatic rings. The number of benzene rings is 1. The molecule has 0 radical (unpaired) electrons. The van der Waals surface area contributed by atoms with Crippen molar-refractivity contribution in [2.24, 2.45) is 0 Å². The molecule has 1 unspecified atom stereocenters. The molecule has 0 saturated heterocycles. The second kappa shape index (κ2) is 6.85. The number of methoxy groups -OCH3 is 1. The molecule has 1 rings (SSSR count). The maximum absolute atomic E-state index is 12.4. The Labute approximate surface area is 122 Å². The highest BCUT2D eigenvalue weighted by Gasteiger charge is 2.28. The lowest BCUT2D eigenvalue weighted by Crippen LogP contribution is -2.36. The van der Waals surface area contributed by atoms with E-state index in [0.29, 0.717) is 0 Å². The number of nitrogens with zero attached hydrogens (tertiary/aromatic N) is 1. The van der Waals surface area contributed by atoms with E-state index in [-0.39, 0.29) is 24.4 Å². The number of likely N-dealkylation sites (N-methyl/N-ethyl adjacent to an activating group) is 1. The molecule has 118 valence electrons. The van der Waals surface area contributed by atoms with Gasteiger partial charge in [-0.1, -0.05) is 0 Å². The fraction of sp³-hybridized carbons (Fsp3) is 0.417. The molecule has 0 aliphatic heterocycles. The van der Waals surface area contributed by atoms with Crippen molar-refractivity contribution in [2.75, 3.05) is 33.0 Å². The lowest BCUT2D eigenvalue weighted by molar-refractivity contribution is 0.0554. The summed E-state index contributed by atoms with van der Waals surface area (Å²) in [7, 11) is -1.48. The number of carbonyl (C=O) groups is 1. The first-order valence-corrected chi connectivity index (χ1v) is 7.40. The standard InChI is InChI=1S/C12H18N2O6S/c1-14(6-9(15)7-20-2)21(18,19)11-5-8(13)3-4-10(11)12(16)17/h3-5,9,15H,6-7,13H2,1-2H3,(H,16,17). The third-order valence-electron chi connectivity index (χ3n) is 2.75. The van der Waals surface area contributed by atoms with Crippen LogP contribution >= 0.6 is 0 Å². The van der Waals surface area contributed by atoms with Gasteiger partial charge in [0, 0.05) is 26.4 Å². The van der Waals surface area contributed by atoms with E-state index in [1.807, 2.05) is 0 Å². The van der Waals surface area contributed by atoms with Gasteiger partial charge in [-0.15, -0.1) is 0 Å². The first-order chi connectivity index (χ1) is 9.70. The highest BCUT2D eigenvalue weighted by Crippen LogP contribution is 2.22. The number of aliphatic hydroxyl groups is 1. The molecule has 0 heterocycles. The van der Waals surface area contributed by atoms with Gasteiger partial charge < -0.3 is 20.7 Å². The van der Waals surface area contributed by atoms with E-state index in [0.717, 1.165) is 16.4 Å². The van der Waals surface area contributed by atoms with Crippen molar-refractivity contribution in [1.29, 1.82) is 0 Å². The van der Waals surface area contributed by atoms with Crippen LogP contribution in [0.3, 0.4) is 0 Å². The summed E-state index contributed by atoms with van der Waals surface area (Å²) >= 11 is 0. The predicted molar refractivity (Wildman–Crippen MR) is 75.5 cm³/mol. The first kappa shape index (κ1) is 17.4. The van der Waals surface area contributed by atoms with E-state index < -0.39 is 27.0 Å². The summed E-state index contributed by atoms with van der Waals surface area (Å²) < 4.78 is 30.4. The average Bonchev–Trinajstić information content (AvgIpc) is 2.38. The van der Waals surface area contributed by atoms with Crippen molar-refractivity contribution in [3.8, 4) is 0 Å². The second-order valence-electron chi connectivity index (χ2n) is 4.46. The minimum atomic E-state index is -4.09. The van der Waals surface area contributed by atoms with Gasteiger partial charge in [0.2, 0.25) is 10.0 Å². The van der Waals surface area contributed by atoms with E-state index >= 15 is 0 Å². The van der Waals surface area contributed by atoms with Gasteiger partial charge in [0.15, 0.2) is 0 Å². The average molecular weight is 318 g/mol. The number of hydrogen-bond donors (Lipinski definition) is 3. The molecule has 8 nitrogen and oxygen atoms in total. The molecule has 1 atom stereocenters. The molecule has 0 fully saturated rings. The fourth-order valence-electron chi connectivity index (χ4n) is 1.74. The molecule has 9 heteroatoms. The van der Waals surface area contributed by atoms with Crippen molar-refractivity contribution in [3.63, 3.8) is 0 Å². The van der Waals surface area contributed by atoms with Gasteiger partial charge in [-0.3, -0.25) is 0 Å². The molecule has 21 heavy (non-hydrogen) atoms. The van der Waals surface area contributed by atoms with E-state index in [4.69, 9.17) is 15.6 Å². The maximum Gasteiger partial charge on any atom is 0.337 e. The topological polar surface area (TPSA) is 130 Å². The summed E-state index contributed by atoms with van der Waals surface area (Å²) in [5.41, 5.74) is 5.28. The number of nitrogen functional groups attached to an aromatic ring is 1. The molecular formula is C12H18N2O6S. The summed E-state index contributed by atoms with van der Waals surface area (Å²) in [6.07, 6.45) is -1.02. The van der Waals surface area contributed by atoms with Crippen molar-refractivity contribution >= 4 is 21.7 Å². The van der Waals surface area contributed by atoms with Crippen LogP contribution in [0.2, 0.25) is 0 Å². The zero-order chi connectivity index (χ0) is 16.2. The smallest absolute Gasteiger partial charge is 0.337 e. The third-order valence-corrected chi connectivity index (χ3v) is 4.61. The minimum Gasteiger partial charge on any atom is -0.478 e. The van der Waals surface area contributed by atoms with Crippen LogP contribution in [0.5, 0.6) is 0 Å². The molecule has 0 amide bonds. The number of ether oxygens (including phenoxy) is 1. The Bertz CT molecular complexity index is 616. The lowest BCUT2D eigenvalue weighted by atomic mass is 10.2. The molecule has 0 aliphatic carbocycles. The van der Waals surface area contributed by atoms with Gasteiger partial charge in [-0.05, 0) is 18.2 Å². The summed E-state index contributed by atoms with van der Waals surface area (Å²) in [6, 6.07) is 3.52. The zero-order valence-electron chi connectivity index (χ0n) is 11.7. The Morgan fingerprint density at radius 3 is 2.62 bits per heavy atom. The normalized spacial score (nSPS) is 13.3. The van der Waals surface area contributed by atoms with Gasteiger partial charge in [0.05, 0.1) is 23.2 Å². The number of rotatable bonds is 7. The zero-order valence-corrected chi connectivity index (χ0v) is 12.5. The molecule has 1 aromatic carbocycles. The predicted octanol–water partition coefficient (Wildman–Crippen LogP) is -0.405. The van der Waals surface area contributed by atoms with Gasteiger partial charge >= 0.3 is 5.97 Å².